The van der Waals surface area contributed by atoms with E-state index in [1.807, 2.05) is 0 Å². The number of nitrogens with zero attached hydrogens (tertiary/aromatic N) is 4. The van der Waals surface area contributed by atoms with E-state index in [4.69, 9.17) is 19.9 Å². The molecule has 0 spiro atoms. The normalized spacial score (nSPS) is 25.4. The van der Waals surface area contributed by atoms with Gasteiger partial charge in [-0.1, -0.05) is 0 Å². The lowest BCUT2D eigenvalue weighted by atomic mass is 10.1. The summed E-state index contributed by atoms with van der Waals surface area (Å²) in [5.74, 6) is -1.49. The van der Waals surface area contributed by atoms with Gasteiger partial charge in [-0.2, -0.15) is 14.4 Å². The summed E-state index contributed by atoms with van der Waals surface area (Å²) >= 11 is 0. The first kappa shape index (κ1) is 17.9. The zero-order valence-electron chi connectivity index (χ0n) is 13.8. The van der Waals surface area contributed by atoms with Crippen molar-refractivity contribution in [3.63, 3.8) is 0 Å². The van der Waals surface area contributed by atoms with Crippen LogP contribution in [0.3, 0.4) is 0 Å². The lowest BCUT2D eigenvalue weighted by molar-refractivity contribution is -0.165. The average Bonchev–Trinajstić information content (AvgIpc) is 3.09. The molecule has 12 heteroatoms. The Balaban J connectivity index is 2.07. The fourth-order valence-corrected chi connectivity index (χ4v) is 2.83. The maximum Gasteiger partial charge on any atom is 0.312 e. The molecule has 0 amide bonds. The van der Waals surface area contributed by atoms with E-state index in [0.29, 0.717) is 0 Å². The van der Waals surface area contributed by atoms with Crippen LogP contribution in [0.2, 0.25) is 0 Å². The Morgan fingerprint density at radius 3 is 2.58 bits per heavy atom. The van der Waals surface area contributed by atoms with Crippen molar-refractivity contribution in [2.75, 3.05) is 12.3 Å². The second kappa shape index (κ2) is 6.80. The van der Waals surface area contributed by atoms with Crippen LogP contribution in [-0.4, -0.2) is 61.5 Å². The third kappa shape index (κ3) is 3.15. The molecule has 0 saturated carbocycles. The van der Waals surface area contributed by atoms with Gasteiger partial charge in [0.2, 0.25) is 0 Å². The number of hydrogen-bond acceptors (Lipinski definition) is 10. The molecule has 1 fully saturated rings. The summed E-state index contributed by atoms with van der Waals surface area (Å²) in [6, 6.07) is 0. The van der Waals surface area contributed by atoms with E-state index in [1.54, 1.807) is 0 Å². The smallest absolute Gasteiger partial charge is 0.312 e. The molecule has 0 aromatic carbocycles. The molecule has 26 heavy (non-hydrogen) atoms. The molecule has 0 unspecified atom stereocenters. The molecule has 11 nitrogen and oxygen atoms in total. The van der Waals surface area contributed by atoms with Gasteiger partial charge in [0, 0.05) is 13.8 Å². The number of nitrogen functional groups attached to an aromatic ring is 1. The predicted molar refractivity (Wildman–Crippen MR) is 81.8 cm³/mol. The highest BCUT2D eigenvalue weighted by Gasteiger charge is 2.50. The summed E-state index contributed by atoms with van der Waals surface area (Å²) in [5, 5.41) is 9.53. The van der Waals surface area contributed by atoms with Crippen LogP contribution in [0, 0.1) is 6.08 Å². The van der Waals surface area contributed by atoms with Crippen molar-refractivity contribution >= 4 is 28.9 Å². The van der Waals surface area contributed by atoms with Gasteiger partial charge in [-0.05, 0) is 0 Å². The number of esters is 2. The molecule has 0 aliphatic carbocycles. The van der Waals surface area contributed by atoms with Gasteiger partial charge in [-0.3, -0.25) is 14.2 Å². The van der Waals surface area contributed by atoms with Gasteiger partial charge in [0.05, 0.1) is 12.9 Å². The number of ether oxygens (including phenoxy) is 3. The van der Waals surface area contributed by atoms with Gasteiger partial charge in [0.15, 0.2) is 35.4 Å². The third-order valence-corrected chi connectivity index (χ3v) is 3.76. The Morgan fingerprint density at radius 2 is 1.96 bits per heavy atom. The number of imidazole rings is 1. The molecule has 2 aromatic rings. The maximum atomic E-state index is 13.6. The minimum Gasteiger partial charge on any atom is -0.456 e. The molecule has 3 rings (SSSR count). The fourth-order valence-electron chi connectivity index (χ4n) is 2.83. The van der Waals surface area contributed by atoms with E-state index in [-0.39, 0.29) is 17.0 Å². The van der Waals surface area contributed by atoms with Crippen molar-refractivity contribution in [2.45, 2.75) is 38.4 Å². The van der Waals surface area contributed by atoms with Crippen LogP contribution < -0.4 is 5.73 Å². The van der Waals surface area contributed by atoms with Gasteiger partial charge in [-0.25, -0.2) is 4.98 Å². The summed E-state index contributed by atoms with van der Waals surface area (Å²) in [7, 11) is 0. The number of carbonyl (C=O) groups is 2. The Bertz CT molecular complexity index is 858. The minimum atomic E-state index is -1.12. The molecule has 0 bridgehead atoms. The fraction of sp³-hybridized carbons (Fsp3) is 0.500. The maximum absolute atomic E-state index is 13.6. The number of aromatic nitrogens is 4. The monoisotopic (exact) mass is 369 g/mol. The summed E-state index contributed by atoms with van der Waals surface area (Å²) < 4.78 is 30.9. The van der Waals surface area contributed by atoms with Gasteiger partial charge in [0.25, 0.3) is 0 Å². The Morgan fingerprint density at radius 1 is 1.31 bits per heavy atom. The van der Waals surface area contributed by atoms with Crippen molar-refractivity contribution in [2.24, 2.45) is 0 Å². The molecule has 3 N–H and O–H groups in total. The lowest BCUT2D eigenvalue weighted by Crippen LogP contribution is -2.40. The minimum absolute atomic E-state index is 0.00248. The summed E-state index contributed by atoms with van der Waals surface area (Å²) in [5.41, 5.74) is 5.74. The zero-order chi connectivity index (χ0) is 19.0. The van der Waals surface area contributed by atoms with E-state index in [9.17, 15) is 19.1 Å². The Hall–Kier alpha value is -2.86. The molecule has 2 aromatic heterocycles. The predicted octanol–water partition coefficient (Wildman–Crippen LogP) is -0.699. The van der Waals surface area contributed by atoms with Crippen LogP contribution in [0.4, 0.5) is 10.2 Å². The number of anilines is 1. The number of nitrogens with two attached hydrogens (primary N) is 1. The molecule has 0 radical (unpaired) electrons. The van der Waals surface area contributed by atoms with Gasteiger partial charge < -0.3 is 25.1 Å². The molecule has 4 atom stereocenters. The summed E-state index contributed by atoms with van der Waals surface area (Å²) in [6.07, 6.45) is -4.08. The number of fused-ring (bicyclic) bond motifs is 1. The first-order chi connectivity index (χ1) is 12.3. The lowest BCUT2D eigenvalue weighted by Gasteiger charge is -2.23. The molecular formula is C14H16FN5O6. The van der Waals surface area contributed by atoms with Crippen LogP contribution in [0.5, 0.6) is 0 Å². The number of hydrogen-bond donors (Lipinski definition) is 2. The van der Waals surface area contributed by atoms with Crippen LogP contribution in [0.15, 0.2) is 6.33 Å². The van der Waals surface area contributed by atoms with Gasteiger partial charge in [-0.15, -0.1) is 0 Å². The molecule has 1 aliphatic heterocycles. The molecule has 140 valence electrons. The number of aliphatic hydroxyl groups is 1. The highest BCUT2D eigenvalue weighted by molar-refractivity contribution is 5.81. The highest BCUT2D eigenvalue weighted by atomic mass is 19.1. The molecule has 1 saturated heterocycles. The largest absolute Gasteiger partial charge is 0.456 e. The number of carbonyl (C=O) groups excluding carboxylic acids is 2. The number of halogens is 1. The first-order valence-corrected chi connectivity index (χ1v) is 7.58. The molecular weight excluding hydrogens is 353 g/mol. The topological polar surface area (TPSA) is 152 Å². The third-order valence-electron chi connectivity index (χ3n) is 3.76. The average molecular weight is 369 g/mol. The zero-order valence-corrected chi connectivity index (χ0v) is 13.8. The second-order valence-electron chi connectivity index (χ2n) is 5.60. The van der Waals surface area contributed by atoms with Crippen molar-refractivity contribution in [1.82, 2.24) is 19.5 Å². The van der Waals surface area contributed by atoms with Crippen LogP contribution in [0.1, 0.15) is 20.1 Å². The van der Waals surface area contributed by atoms with Crippen molar-refractivity contribution < 1.29 is 33.3 Å². The van der Waals surface area contributed by atoms with Crippen LogP contribution >= 0.6 is 0 Å². The van der Waals surface area contributed by atoms with E-state index < -0.39 is 49.2 Å². The highest BCUT2D eigenvalue weighted by Crippen LogP contribution is 2.35. The molecule has 3 heterocycles. The van der Waals surface area contributed by atoms with Crippen molar-refractivity contribution in [3.8, 4) is 0 Å². The summed E-state index contributed by atoms with van der Waals surface area (Å²) in [6.45, 7) is 1.83. The van der Waals surface area contributed by atoms with Crippen LogP contribution in [-0.2, 0) is 23.8 Å². The van der Waals surface area contributed by atoms with E-state index >= 15 is 0 Å². The number of rotatable bonds is 4. The SMILES string of the molecule is CC(=O)O[C@@H]1[C@H](OC(C)=O)[C@@H](CO)O[C@H]1n1cnc2c(N)nc(F)nc21. The van der Waals surface area contributed by atoms with E-state index in [1.165, 1.54) is 24.7 Å². The van der Waals surface area contributed by atoms with Crippen molar-refractivity contribution in [3.05, 3.63) is 12.4 Å². The Labute approximate surface area is 145 Å². The quantitative estimate of drug-likeness (QED) is 0.523. The van der Waals surface area contributed by atoms with Gasteiger partial charge in [0.1, 0.15) is 6.10 Å². The van der Waals surface area contributed by atoms with Crippen LogP contribution in [0.25, 0.3) is 11.2 Å². The standard InChI is InChI=1S/C14H16FN5O6/c1-5(22)24-9-7(3-21)26-13(10(9)25-6(2)23)20-4-17-8-11(16)18-14(15)19-12(8)20/h4,7,9-10,13,21H,3H2,1-2H3,(H2,16,18,19)/t7-,9-,10-,13-/m1/s1. The van der Waals surface area contributed by atoms with Gasteiger partial charge >= 0.3 is 18.0 Å². The molecule has 1 aliphatic rings. The number of aliphatic hydroxyl groups excluding tert-OH is 1. The summed E-state index contributed by atoms with van der Waals surface area (Å²) in [4.78, 5) is 33.9. The second-order valence-corrected chi connectivity index (χ2v) is 5.60. The van der Waals surface area contributed by atoms with E-state index in [0.717, 1.165) is 0 Å². The Kier molecular flexibility index (Phi) is 4.70. The van der Waals surface area contributed by atoms with Crippen molar-refractivity contribution in [1.29, 1.82) is 0 Å². The van der Waals surface area contributed by atoms with E-state index in [2.05, 4.69) is 15.0 Å². The first-order valence-electron chi connectivity index (χ1n) is 7.58.